The minimum Gasteiger partial charge on any atom is -0.496 e. The highest BCUT2D eigenvalue weighted by atomic mass is 35.5. The van der Waals surface area contributed by atoms with Gasteiger partial charge in [0.1, 0.15) is 11.5 Å². The largest absolute Gasteiger partial charge is 0.496 e. The summed E-state index contributed by atoms with van der Waals surface area (Å²) in [5.41, 5.74) is 1.79. The van der Waals surface area contributed by atoms with Crippen LogP contribution < -0.4 is 25.0 Å². The van der Waals surface area contributed by atoms with Gasteiger partial charge in [0.2, 0.25) is 15.9 Å². The van der Waals surface area contributed by atoms with E-state index in [0.29, 0.717) is 37.6 Å². The van der Waals surface area contributed by atoms with Crippen LogP contribution in [0.1, 0.15) is 17.3 Å². The van der Waals surface area contributed by atoms with Crippen molar-refractivity contribution in [2.75, 3.05) is 55.9 Å². The number of methoxy groups -OCH3 is 2. The number of ether oxygens (including phenoxy) is 2. The van der Waals surface area contributed by atoms with Crippen molar-refractivity contribution in [3.63, 3.8) is 0 Å². The van der Waals surface area contributed by atoms with E-state index in [2.05, 4.69) is 15.5 Å². The number of rotatable bonds is 8. The third-order valence-electron chi connectivity index (χ3n) is 6.26. The number of para-hydroxylation sites is 2. The molecule has 12 heteroatoms. The lowest BCUT2D eigenvalue weighted by Crippen LogP contribution is -2.48. The molecule has 0 saturated carbocycles. The van der Waals surface area contributed by atoms with Crippen LogP contribution in [0, 0.1) is 0 Å². The number of halogens is 1. The van der Waals surface area contributed by atoms with Gasteiger partial charge in [0.15, 0.2) is 0 Å². The number of anilines is 3. The van der Waals surface area contributed by atoms with Gasteiger partial charge in [-0.3, -0.25) is 9.59 Å². The normalized spacial score (nSPS) is 14.0. The predicted molar refractivity (Wildman–Crippen MR) is 151 cm³/mol. The molecule has 0 unspecified atom stereocenters. The molecule has 4 rings (SSSR count). The first-order chi connectivity index (χ1) is 18.6. The number of carbonyl (C=O) groups is 2. The second-order valence-electron chi connectivity index (χ2n) is 8.76. The molecule has 2 N–H and O–H groups in total. The van der Waals surface area contributed by atoms with Crippen LogP contribution in [0.2, 0.25) is 5.02 Å². The van der Waals surface area contributed by atoms with E-state index in [4.69, 9.17) is 21.1 Å². The topological polar surface area (TPSA) is 117 Å². The summed E-state index contributed by atoms with van der Waals surface area (Å²) in [6.07, 6.45) is 0. The summed E-state index contributed by atoms with van der Waals surface area (Å²) in [5.74, 6) is 0.137. The molecule has 3 aromatic rings. The summed E-state index contributed by atoms with van der Waals surface area (Å²) in [5, 5.41) is 5.47. The number of piperazine rings is 1. The molecule has 1 saturated heterocycles. The SMILES string of the molecule is COc1cc(NC(C)=O)c(Cl)cc1C(=O)Nc1ccc(S(=O)(=O)N2CCN(c3ccccc3OC)CC2)cc1. The van der Waals surface area contributed by atoms with Gasteiger partial charge in [-0.2, -0.15) is 4.31 Å². The quantitative estimate of drug-likeness (QED) is 0.418. The molecule has 39 heavy (non-hydrogen) atoms. The Balaban J connectivity index is 1.43. The van der Waals surface area contributed by atoms with Crippen LogP contribution in [0.3, 0.4) is 0 Å². The van der Waals surface area contributed by atoms with Crippen molar-refractivity contribution in [2.45, 2.75) is 11.8 Å². The number of carbonyl (C=O) groups excluding carboxylic acids is 2. The molecule has 1 aliphatic rings. The minimum absolute atomic E-state index is 0.131. The van der Waals surface area contributed by atoms with Crippen LogP contribution >= 0.6 is 11.6 Å². The van der Waals surface area contributed by atoms with Crippen LogP contribution in [0.5, 0.6) is 11.5 Å². The molecule has 0 radical (unpaired) electrons. The van der Waals surface area contributed by atoms with Crippen molar-refractivity contribution in [3.05, 3.63) is 71.2 Å². The molecular weight excluding hydrogens is 544 g/mol. The summed E-state index contributed by atoms with van der Waals surface area (Å²) in [6.45, 7) is 3.05. The highest BCUT2D eigenvalue weighted by molar-refractivity contribution is 7.89. The number of sulfonamides is 1. The van der Waals surface area contributed by atoms with Gasteiger partial charge in [-0.25, -0.2) is 8.42 Å². The first-order valence-electron chi connectivity index (χ1n) is 12.1. The average Bonchev–Trinajstić information content (AvgIpc) is 2.94. The van der Waals surface area contributed by atoms with Crippen molar-refractivity contribution in [1.29, 1.82) is 0 Å². The summed E-state index contributed by atoms with van der Waals surface area (Å²) in [6, 6.07) is 16.5. The lowest BCUT2D eigenvalue weighted by molar-refractivity contribution is -0.114. The maximum atomic E-state index is 13.3. The molecule has 10 nitrogen and oxygen atoms in total. The molecule has 1 aliphatic heterocycles. The first-order valence-corrected chi connectivity index (χ1v) is 13.9. The second kappa shape index (κ2) is 11.9. The fourth-order valence-corrected chi connectivity index (χ4v) is 5.94. The van der Waals surface area contributed by atoms with E-state index >= 15 is 0 Å². The Morgan fingerprint density at radius 1 is 0.872 bits per heavy atom. The van der Waals surface area contributed by atoms with Gasteiger partial charge in [0.05, 0.1) is 41.1 Å². The monoisotopic (exact) mass is 572 g/mol. The highest BCUT2D eigenvalue weighted by Gasteiger charge is 2.29. The van der Waals surface area contributed by atoms with Gasteiger partial charge in [-0.15, -0.1) is 0 Å². The number of hydrogen-bond acceptors (Lipinski definition) is 7. The maximum absolute atomic E-state index is 13.3. The van der Waals surface area contributed by atoms with Crippen LogP contribution in [0.25, 0.3) is 0 Å². The lowest BCUT2D eigenvalue weighted by atomic mass is 10.1. The zero-order valence-corrected chi connectivity index (χ0v) is 23.3. The first kappa shape index (κ1) is 28.2. The zero-order valence-electron chi connectivity index (χ0n) is 21.7. The molecule has 0 aromatic heterocycles. The van der Waals surface area contributed by atoms with Gasteiger partial charge in [0, 0.05) is 44.9 Å². The van der Waals surface area contributed by atoms with Gasteiger partial charge < -0.3 is 25.0 Å². The number of benzene rings is 3. The van der Waals surface area contributed by atoms with Crippen molar-refractivity contribution in [3.8, 4) is 11.5 Å². The molecular formula is C27H29ClN4O6S. The molecule has 0 atom stereocenters. The molecule has 3 aromatic carbocycles. The molecule has 1 fully saturated rings. The maximum Gasteiger partial charge on any atom is 0.259 e. The Morgan fingerprint density at radius 3 is 2.13 bits per heavy atom. The van der Waals surface area contributed by atoms with Crippen molar-refractivity contribution in [2.24, 2.45) is 0 Å². The number of hydrogen-bond donors (Lipinski definition) is 2. The second-order valence-corrected chi connectivity index (χ2v) is 11.1. The fourth-order valence-electron chi connectivity index (χ4n) is 4.30. The Bertz CT molecular complexity index is 1470. The van der Waals surface area contributed by atoms with Crippen LogP contribution in [0.4, 0.5) is 17.1 Å². The fraction of sp³-hybridized carbons (Fsp3) is 0.259. The Kier molecular flexibility index (Phi) is 8.63. The van der Waals surface area contributed by atoms with Crippen molar-refractivity contribution >= 4 is 50.5 Å². The molecule has 206 valence electrons. The van der Waals surface area contributed by atoms with Gasteiger partial charge in [-0.05, 0) is 42.5 Å². The molecule has 2 amide bonds. The third-order valence-corrected chi connectivity index (χ3v) is 8.48. The van der Waals surface area contributed by atoms with E-state index in [1.165, 1.54) is 54.7 Å². The summed E-state index contributed by atoms with van der Waals surface area (Å²) in [4.78, 5) is 26.5. The number of nitrogens with zero attached hydrogens (tertiary/aromatic N) is 2. The number of amides is 2. The van der Waals surface area contributed by atoms with Gasteiger partial charge in [0.25, 0.3) is 5.91 Å². The molecule has 1 heterocycles. The number of nitrogens with one attached hydrogen (secondary N) is 2. The average molecular weight is 573 g/mol. The standard InChI is InChI=1S/C27H29ClN4O6S/c1-18(33)29-23-17-26(38-3)21(16-22(23)28)27(34)30-19-8-10-20(11-9-19)39(35,36)32-14-12-31(13-15-32)24-6-4-5-7-25(24)37-2/h4-11,16-17H,12-15H2,1-3H3,(H,29,33)(H,30,34). The lowest BCUT2D eigenvalue weighted by Gasteiger charge is -2.35. The Labute approximate surface area is 232 Å². The Morgan fingerprint density at radius 2 is 1.51 bits per heavy atom. The van der Waals surface area contributed by atoms with E-state index in [-0.39, 0.29) is 27.1 Å². The predicted octanol–water partition coefficient (Wildman–Crippen LogP) is 4.08. The van der Waals surface area contributed by atoms with E-state index in [0.717, 1.165) is 11.4 Å². The summed E-state index contributed by atoms with van der Waals surface area (Å²) >= 11 is 6.22. The summed E-state index contributed by atoms with van der Waals surface area (Å²) in [7, 11) is -0.713. The van der Waals surface area contributed by atoms with Crippen molar-refractivity contribution < 1.29 is 27.5 Å². The zero-order chi connectivity index (χ0) is 28.2. The molecule has 0 bridgehead atoms. The van der Waals surface area contributed by atoms with Gasteiger partial charge in [-0.1, -0.05) is 23.7 Å². The van der Waals surface area contributed by atoms with E-state index in [9.17, 15) is 18.0 Å². The molecule has 0 spiro atoms. The molecule has 0 aliphatic carbocycles. The van der Waals surface area contributed by atoms with Crippen LogP contribution in [-0.4, -0.2) is 64.9 Å². The van der Waals surface area contributed by atoms with E-state index < -0.39 is 15.9 Å². The third kappa shape index (κ3) is 6.27. The van der Waals surface area contributed by atoms with Crippen molar-refractivity contribution in [1.82, 2.24) is 4.31 Å². The minimum atomic E-state index is -3.72. The highest BCUT2D eigenvalue weighted by Crippen LogP contribution is 2.32. The smallest absolute Gasteiger partial charge is 0.259 e. The van der Waals surface area contributed by atoms with Crippen LogP contribution in [-0.2, 0) is 14.8 Å². The van der Waals surface area contributed by atoms with E-state index in [1.54, 1.807) is 7.11 Å². The summed E-state index contributed by atoms with van der Waals surface area (Å²) < 4.78 is 38.7. The van der Waals surface area contributed by atoms with E-state index in [1.807, 2.05) is 24.3 Å². The van der Waals surface area contributed by atoms with Crippen LogP contribution in [0.15, 0.2) is 65.6 Å². The Hall–Kier alpha value is -3.80. The van der Waals surface area contributed by atoms with Gasteiger partial charge >= 0.3 is 0 Å².